The van der Waals surface area contributed by atoms with Crippen LogP contribution in [0.15, 0.2) is 59.4 Å². The number of rotatable bonds is 8. The van der Waals surface area contributed by atoms with E-state index < -0.39 is 0 Å². The number of carbonyl (C=O) groups excluding carboxylic acids is 1. The maximum atomic E-state index is 12.1. The molecule has 1 aliphatic heterocycles. The Morgan fingerprint density at radius 1 is 1.12 bits per heavy atom. The van der Waals surface area contributed by atoms with Gasteiger partial charge in [0.1, 0.15) is 5.75 Å². The lowest BCUT2D eigenvalue weighted by Crippen LogP contribution is -2.43. The highest BCUT2D eigenvalue weighted by Crippen LogP contribution is 2.38. The molecule has 1 saturated heterocycles. The van der Waals surface area contributed by atoms with E-state index >= 15 is 0 Å². The number of phenols is 1. The number of aromatic hydroxyl groups is 1. The molecule has 4 rings (SSSR count). The van der Waals surface area contributed by atoms with Gasteiger partial charge in [0, 0.05) is 54.2 Å². The van der Waals surface area contributed by atoms with Crippen molar-refractivity contribution < 1.29 is 14.3 Å². The number of piperidine rings is 1. The van der Waals surface area contributed by atoms with Gasteiger partial charge < -0.3 is 20.2 Å². The predicted octanol–water partition coefficient (Wildman–Crippen LogP) is 5.01. The molecule has 0 aliphatic carbocycles. The average Bonchev–Trinajstić information content (AvgIpc) is 3.33. The Morgan fingerprint density at radius 3 is 2.48 bits per heavy atom. The summed E-state index contributed by atoms with van der Waals surface area (Å²) in [5, 5.41) is 10.2. The van der Waals surface area contributed by atoms with Gasteiger partial charge in [-0.3, -0.25) is 9.69 Å². The number of amides is 1. The number of carbonyl (C=O) groups is 1. The van der Waals surface area contributed by atoms with Crippen molar-refractivity contribution in [2.75, 3.05) is 18.0 Å². The van der Waals surface area contributed by atoms with Gasteiger partial charge >= 0.3 is 0 Å². The summed E-state index contributed by atoms with van der Waals surface area (Å²) >= 11 is 0. The van der Waals surface area contributed by atoms with Crippen molar-refractivity contribution in [3.63, 3.8) is 0 Å². The van der Waals surface area contributed by atoms with Crippen molar-refractivity contribution in [3.05, 3.63) is 77.2 Å². The standard InChI is InChI=1S/C27H33N3O3/c1-3-23-24(4-2)26(9-8-25(23)27(28)32)30(21-6-5-7-22(31)16-21)20-10-13-29(14-11-20)17-19-12-15-33-18-19/h5-9,12,15-16,18,20,31H,3-4,10-11,13-14,17H2,1-2H3,(H2,28,32). The van der Waals surface area contributed by atoms with Crippen molar-refractivity contribution in [3.8, 4) is 5.75 Å². The summed E-state index contributed by atoms with van der Waals surface area (Å²) in [4.78, 5) is 16.9. The summed E-state index contributed by atoms with van der Waals surface area (Å²) in [6, 6.07) is 13.6. The number of primary amides is 1. The molecule has 174 valence electrons. The first-order valence-corrected chi connectivity index (χ1v) is 11.8. The van der Waals surface area contributed by atoms with Crippen LogP contribution in [0, 0.1) is 0 Å². The molecule has 1 amide bonds. The monoisotopic (exact) mass is 447 g/mol. The van der Waals surface area contributed by atoms with Gasteiger partial charge in [-0.1, -0.05) is 19.9 Å². The summed E-state index contributed by atoms with van der Waals surface area (Å²) in [6.07, 6.45) is 7.07. The highest BCUT2D eigenvalue weighted by Gasteiger charge is 2.29. The molecule has 0 unspecified atom stereocenters. The van der Waals surface area contributed by atoms with Gasteiger partial charge in [-0.05, 0) is 67.1 Å². The lowest BCUT2D eigenvalue weighted by atomic mass is 9.92. The summed E-state index contributed by atoms with van der Waals surface area (Å²) in [6.45, 7) is 7.04. The van der Waals surface area contributed by atoms with E-state index in [1.165, 1.54) is 5.56 Å². The second kappa shape index (κ2) is 10.1. The molecule has 33 heavy (non-hydrogen) atoms. The fraction of sp³-hybridized carbons (Fsp3) is 0.370. The van der Waals surface area contributed by atoms with Crippen molar-refractivity contribution in [1.29, 1.82) is 0 Å². The van der Waals surface area contributed by atoms with Gasteiger partial charge in [0.05, 0.1) is 12.5 Å². The van der Waals surface area contributed by atoms with E-state index in [9.17, 15) is 9.90 Å². The third kappa shape index (κ3) is 4.91. The van der Waals surface area contributed by atoms with Crippen molar-refractivity contribution in [1.82, 2.24) is 4.90 Å². The first-order valence-electron chi connectivity index (χ1n) is 11.8. The molecule has 1 fully saturated rings. The minimum atomic E-state index is -0.385. The van der Waals surface area contributed by atoms with Crippen LogP contribution in [-0.2, 0) is 19.4 Å². The summed E-state index contributed by atoms with van der Waals surface area (Å²) in [5.41, 5.74) is 11.7. The number of nitrogens with zero attached hydrogens (tertiary/aromatic N) is 2. The number of benzene rings is 2. The number of hydrogen-bond donors (Lipinski definition) is 2. The van der Waals surface area contributed by atoms with Crippen LogP contribution >= 0.6 is 0 Å². The van der Waals surface area contributed by atoms with Gasteiger partial charge in [-0.25, -0.2) is 0 Å². The highest BCUT2D eigenvalue weighted by molar-refractivity contribution is 5.95. The van der Waals surface area contributed by atoms with E-state index in [1.54, 1.807) is 12.3 Å². The van der Waals surface area contributed by atoms with Crippen LogP contribution in [0.25, 0.3) is 0 Å². The summed E-state index contributed by atoms with van der Waals surface area (Å²) in [7, 11) is 0. The average molecular weight is 448 g/mol. The van der Waals surface area contributed by atoms with Gasteiger partial charge in [-0.15, -0.1) is 0 Å². The molecule has 0 spiro atoms. The Morgan fingerprint density at radius 2 is 1.88 bits per heavy atom. The van der Waals surface area contributed by atoms with Crippen LogP contribution in [0.1, 0.15) is 53.7 Å². The predicted molar refractivity (Wildman–Crippen MR) is 131 cm³/mol. The molecule has 6 nitrogen and oxygen atoms in total. The van der Waals surface area contributed by atoms with Gasteiger partial charge in [-0.2, -0.15) is 0 Å². The summed E-state index contributed by atoms with van der Waals surface area (Å²) < 4.78 is 5.22. The zero-order valence-corrected chi connectivity index (χ0v) is 19.5. The molecular formula is C27H33N3O3. The SMILES string of the molecule is CCc1c(C(N)=O)ccc(N(c2cccc(O)c2)C2CCN(Cc3ccoc3)CC2)c1CC. The first kappa shape index (κ1) is 22.9. The maximum absolute atomic E-state index is 12.1. The molecule has 0 saturated carbocycles. The zero-order valence-electron chi connectivity index (χ0n) is 19.5. The van der Waals surface area contributed by atoms with E-state index in [-0.39, 0.29) is 17.7 Å². The molecule has 2 aromatic carbocycles. The number of furan rings is 1. The van der Waals surface area contributed by atoms with Crippen LogP contribution in [0.4, 0.5) is 11.4 Å². The van der Waals surface area contributed by atoms with Crippen molar-refractivity contribution in [2.24, 2.45) is 5.73 Å². The largest absolute Gasteiger partial charge is 0.508 e. The van der Waals surface area contributed by atoms with E-state index in [4.69, 9.17) is 10.2 Å². The quantitative estimate of drug-likeness (QED) is 0.507. The lowest BCUT2D eigenvalue weighted by molar-refractivity contribution is 0.0999. The topological polar surface area (TPSA) is 82.9 Å². The Hall–Kier alpha value is -3.25. The minimum absolute atomic E-state index is 0.248. The van der Waals surface area contributed by atoms with Crippen LogP contribution in [0.5, 0.6) is 5.75 Å². The molecule has 0 radical (unpaired) electrons. The van der Waals surface area contributed by atoms with Crippen LogP contribution in [0.3, 0.4) is 0 Å². The maximum Gasteiger partial charge on any atom is 0.248 e. The zero-order chi connectivity index (χ0) is 23.4. The molecule has 0 atom stereocenters. The molecular weight excluding hydrogens is 414 g/mol. The van der Waals surface area contributed by atoms with E-state index in [2.05, 4.69) is 23.6 Å². The molecule has 3 aromatic rings. The van der Waals surface area contributed by atoms with Gasteiger partial charge in [0.25, 0.3) is 0 Å². The number of anilines is 2. The number of nitrogens with two attached hydrogens (primary N) is 1. The van der Waals surface area contributed by atoms with Gasteiger partial charge in [0.15, 0.2) is 0 Å². The fourth-order valence-electron chi connectivity index (χ4n) is 5.10. The van der Waals surface area contributed by atoms with E-state index in [0.29, 0.717) is 5.56 Å². The second-order valence-electron chi connectivity index (χ2n) is 8.69. The smallest absolute Gasteiger partial charge is 0.248 e. The Bertz CT molecular complexity index is 1090. The fourth-order valence-corrected chi connectivity index (χ4v) is 5.10. The van der Waals surface area contributed by atoms with Crippen molar-refractivity contribution in [2.45, 2.75) is 52.1 Å². The molecule has 3 N–H and O–H groups in total. The molecule has 6 heteroatoms. The minimum Gasteiger partial charge on any atom is -0.508 e. The summed E-state index contributed by atoms with van der Waals surface area (Å²) in [5.74, 6) is -0.137. The third-order valence-corrected chi connectivity index (χ3v) is 6.65. The molecule has 1 aromatic heterocycles. The van der Waals surface area contributed by atoms with Crippen LogP contribution in [0.2, 0.25) is 0 Å². The van der Waals surface area contributed by atoms with Crippen LogP contribution < -0.4 is 10.6 Å². The number of phenolic OH excluding ortho intramolecular Hbond substituents is 1. The lowest BCUT2D eigenvalue weighted by Gasteiger charge is -2.41. The number of likely N-dealkylation sites (tertiary alicyclic amines) is 1. The van der Waals surface area contributed by atoms with Crippen LogP contribution in [-0.4, -0.2) is 35.0 Å². The Kier molecular flexibility index (Phi) is 7.04. The Labute approximate surface area is 195 Å². The normalized spacial score (nSPS) is 15.0. The first-order chi connectivity index (χ1) is 16.0. The molecule has 0 bridgehead atoms. The van der Waals surface area contributed by atoms with E-state index in [0.717, 1.165) is 67.8 Å². The van der Waals surface area contributed by atoms with Gasteiger partial charge in [0.2, 0.25) is 5.91 Å². The molecule has 2 heterocycles. The van der Waals surface area contributed by atoms with E-state index in [1.807, 2.05) is 42.7 Å². The third-order valence-electron chi connectivity index (χ3n) is 6.65. The Balaban J connectivity index is 1.69. The second-order valence-corrected chi connectivity index (χ2v) is 8.69. The van der Waals surface area contributed by atoms with Crippen molar-refractivity contribution >= 4 is 17.3 Å². The number of hydrogen-bond acceptors (Lipinski definition) is 5. The molecule has 1 aliphatic rings. The highest BCUT2D eigenvalue weighted by atomic mass is 16.3.